The standard InChI is InChI=1S/C21H16BrF3N4O5/c22-17-6-3-13(9-16(17)21(23,24)25)28-20(32)27-12-1-4-14(5-2-12)34-15-7-8-26-18(10-15)19(31)29(33)11-30/h1-10,30,33H,11H2,(H2,27,28,32). The normalized spacial score (nSPS) is 11.0. The van der Waals surface area contributed by atoms with E-state index >= 15 is 0 Å². The van der Waals surface area contributed by atoms with Gasteiger partial charge in [0, 0.05) is 28.1 Å². The molecule has 0 spiro atoms. The molecule has 0 radical (unpaired) electrons. The third-order valence-corrected chi connectivity index (χ3v) is 4.89. The van der Waals surface area contributed by atoms with Crippen LogP contribution in [0.1, 0.15) is 16.1 Å². The largest absolute Gasteiger partial charge is 0.457 e. The Bertz CT molecular complexity index is 1190. The smallest absolute Gasteiger partial charge is 0.417 e. The van der Waals surface area contributed by atoms with Crippen LogP contribution >= 0.6 is 15.9 Å². The lowest BCUT2D eigenvalue weighted by Crippen LogP contribution is -2.28. The number of urea groups is 1. The summed E-state index contributed by atoms with van der Waals surface area (Å²) in [6.45, 7) is -0.904. The van der Waals surface area contributed by atoms with Gasteiger partial charge in [0.2, 0.25) is 0 Å². The predicted molar refractivity (Wildman–Crippen MR) is 118 cm³/mol. The molecule has 0 unspecified atom stereocenters. The van der Waals surface area contributed by atoms with Gasteiger partial charge in [0.15, 0.2) is 0 Å². The van der Waals surface area contributed by atoms with Crippen LogP contribution in [-0.4, -0.2) is 39.0 Å². The highest BCUT2D eigenvalue weighted by atomic mass is 79.9. The number of hydroxylamine groups is 2. The summed E-state index contributed by atoms with van der Waals surface area (Å²) in [4.78, 5) is 27.8. The fourth-order valence-electron chi connectivity index (χ4n) is 2.64. The van der Waals surface area contributed by atoms with Gasteiger partial charge >= 0.3 is 12.2 Å². The van der Waals surface area contributed by atoms with Gasteiger partial charge in [-0.05, 0) is 48.5 Å². The second-order valence-corrected chi connectivity index (χ2v) is 7.48. The number of carbonyl (C=O) groups excluding carboxylic acids is 2. The van der Waals surface area contributed by atoms with Crippen LogP contribution in [-0.2, 0) is 6.18 Å². The Morgan fingerprint density at radius 1 is 1.00 bits per heavy atom. The molecule has 0 aliphatic heterocycles. The number of nitrogens with one attached hydrogen (secondary N) is 2. The van der Waals surface area contributed by atoms with Crippen LogP contribution in [0.15, 0.2) is 65.3 Å². The summed E-state index contributed by atoms with van der Waals surface area (Å²) < 4.78 is 44.5. The highest BCUT2D eigenvalue weighted by molar-refractivity contribution is 9.10. The van der Waals surface area contributed by atoms with Crippen molar-refractivity contribution in [2.75, 3.05) is 17.4 Å². The fourth-order valence-corrected chi connectivity index (χ4v) is 3.12. The molecule has 178 valence electrons. The van der Waals surface area contributed by atoms with Crippen LogP contribution in [0.4, 0.5) is 29.3 Å². The SMILES string of the molecule is O=C(Nc1ccc(Oc2ccnc(C(=O)N(O)CO)c2)cc1)Nc1ccc(Br)c(C(F)(F)F)c1. The van der Waals surface area contributed by atoms with Crippen molar-refractivity contribution in [2.45, 2.75) is 6.18 Å². The number of nitrogens with zero attached hydrogens (tertiary/aromatic N) is 2. The van der Waals surface area contributed by atoms with Crippen molar-refractivity contribution in [3.63, 3.8) is 0 Å². The summed E-state index contributed by atoms with van der Waals surface area (Å²) in [5.74, 6) is -0.369. The van der Waals surface area contributed by atoms with E-state index in [1.807, 2.05) is 0 Å². The number of benzene rings is 2. The first-order chi connectivity index (χ1) is 16.1. The van der Waals surface area contributed by atoms with Gasteiger partial charge in [0.25, 0.3) is 5.91 Å². The van der Waals surface area contributed by atoms with Crippen LogP contribution in [0.2, 0.25) is 0 Å². The molecular formula is C21H16BrF3N4O5. The topological polar surface area (TPSA) is 124 Å². The zero-order valence-electron chi connectivity index (χ0n) is 17.0. The molecule has 0 aliphatic rings. The molecule has 0 aliphatic carbocycles. The maximum atomic E-state index is 13.0. The van der Waals surface area contributed by atoms with Crippen LogP contribution in [0.5, 0.6) is 11.5 Å². The maximum absolute atomic E-state index is 13.0. The molecule has 0 saturated heterocycles. The van der Waals surface area contributed by atoms with Crippen LogP contribution < -0.4 is 15.4 Å². The lowest BCUT2D eigenvalue weighted by molar-refractivity contribution is -0.138. The Morgan fingerprint density at radius 2 is 1.65 bits per heavy atom. The van der Waals surface area contributed by atoms with Crippen molar-refractivity contribution in [1.29, 1.82) is 0 Å². The zero-order valence-corrected chi connectivity index (χ0v) is 18.6. The van der Waals surface area contributed by atoms with E-state index in [0.29, 0.717) is 11.4 Å². The molecule has 13 heteroatoms. The van der Waals surface area contributed by atoms with Crippen molar-refractivity contribution in [2.24, 2.45) is 0 Å². The van der Waals surface area contributed by atoms with E-state index < -0.39 is 30.4 Å². The van der Waals surface area contributed by atoms with Gasteiger partial charge in [0.05, 0.1) is 5.56 Å². The number of pyridine rings is 1. The number of alkyl halides is 3. The lowest BCUT2D eigenvalue weighted by atomic mass is 10.2. The number of carbonyl (C=O) groups is 2. The van der Waals surface area contributed by atoms with E-state index in [2.05, 4.69) is 31.5 Å². The molecule has 3 aromatic rings. The number of aliphatic hydroxyl groups is 1. The number of amides is 3. The van der Waals surface area contributed by atoms with E-state index in [0.717, 1.165) is 6.07 Å². The van der Waals surface area contributed by atoms with Gasteiger partial charge in [-0.3, -0.25) is 15.0 Å². The minimum Gasteiger partial charge on any atom is -0.457 e. The average molecular weight is 541 g/mol. The van der Waals surface area contributed by atoms with E-state index in [4.69, 9.17) is 9.84 Å². The molecule has 0 saturated carbocycles. The first-order valence-corrected chi connectivity index (χ1v) is 10.2. The zero-order chi connectivity index (χ0) is 24.9. The van der Waals surface area contributed by atoms with Gasteiger partial charge < -0.3 is 20.5 Å². The van der Waals surface area contributed by atoms with Crippen LogP contribution in [0, 0.1) is 0 Å². The molecule has 0 bridgehead atoms. The first-order valence-electron chi connectivity index (χ1n) is 9.37. The van der Waals surface area contributed by atoms with Crippen molar-refractivity contribution in [3.8, 4) is 11.5 Å². The highest BCUT2D eigenvalue weighted by Gasteiger charge is 2.33. The number of aromatic nitrogens is 1. The molecule has 0 fully saturated rings. The molecule has 4 N–H and O–H groups in total. The minimum absolute atomic E-state index is 0.0429. The van der Waals surface area contributed by atoms with Gasteiger partial charge in [0.1, 0.15) is 23.9 Å². The summed E-state index contributed by atoms with van der Waals surface area (Å²) in [5.41, 5.74) is -0.789. The Balaban J connectivity index is 1.62. The summed E-state index contributed by atoms with van der Waals surface area (Å²) in [6, 6.07) is 11.3. The molecule has 0 atom stereocenters. The van der Waals surface area contributed by atoms with Gasteiger partial charge in [-0.2, -0.15) is 18.2 Å². The molecule has 1 aromatic heterocycles. The molecule has 9 nitrogen and oxygen atoms in total. The summed E-state index contributed by atoms with van der Waals surface area (Å²) in [6.07, 6.45) is -3.30. The van der Waals surface area contributed by atoms with E-state index in [1.54, 1.807) is 0 Å². The number of aliphatic hydroxyl groups excluding tert-OH is 1. The molecule has 1 heterocycles. The average Bonchev–Trinajstić information content (AvgIpc) is 2.80. The molecule has 3 amide bonds. The second kappa shape index (κ2) is 10.5. The number of halogens is 4. The van der Waals surface area contributed by atoms with Gasteiger partial charge in [-0.25, -0.2) is 4.79 Å². The Kier molecular flexibility index (Phi) is 7.71. The molecular weight excluding hydrogens is 525 g/mol. The molecule has 34 heavy (non-hydrogen) atoms. The number of ether oxygens (including phenoxy) is 1. The third kappa shape index (κ3) is 6.43. The lowest BCUT2D eigenvalue weighted by Gasteiger charge is -2.13. The summed E-state index contributed by atoms with van der Waals surface area (Å²) >= 11 is 2.83. The maximum Gasteiger partial charge on any atom is 0.417 e. The Hall–Kier alpha value is -3.68. The number of hydrogen-bond donors (Lipinski definition) is 4. The Morgan fingerprint density at radius 3 is 2.29 bits per heavy atom. The monoisotopic (exact) mass is 540 g/mol. The number of hydrogen-bond acceptors (Lipinski definition) is 6. The quantitative estimate of drug-likeness (QED) is 0.196. The van der Waals surface area contributed by atoms with Crippen molar-refractivity contribution >= 4 is 39.2 Å². The third-order valence-electron chi connectivity index (χ3n) is 4.20. The van der Waals surface area contributed by atoms with E-state index in [1.165, 1.54) is 54.7 Å². The van der Waals surface area contributed by atoms with Crippen molar-refractivity contribution < 1.29 is 37.8 Å². The van der Waals surface area contributed by atoms with Crippen molar-refractivity contribution in [3.05, 3.63) is 76.5 Å². The highest BCUT2D eigenvalue weighted by Crippen LogP contribution is 2.36. The van der Waals surface area contributed by atoms with Crippen LogP contribution in [0.3, 0.4) is 0 Å². The van der Waals surface area contributed by atoms with Crippen LogP contribution in [0.25, 0.3) is 0 Å². The van der Waals surface area contributed by atoms with Gasteiger partial charge in [-0.1, -0.05) is 15.9 Å². The molecule has 2 aromatic carbocycles. The minimum atomic E-state index is -4.58. The van der Waals surface area contributed by atoms with E-state index in [9.17, 15) is 28.0 Å². The van der Waals surface area contributed by atoms with E-state index in [-0.39, 0.29) is 26.7 Å². The number of anilines is 2. The molecule has 3 rings (SSSR count). The fraction of sp³-hybridized carbons (Fsp3) is 0.0952. The van der Waals surface area contributed by atoms with Gasteiger partial charge in [-0.15, -0.1) is 0 Å². The summed E-state index contributed by atoms with van der Waals surface area (Å²) in [7, 11) is 0. The predicted octanol–water partition coefficient (Wildman–Crippen LogP) is 5.08. The first kappa shape index (κ1) is 25.0. The summed E-state index contributed by atoms with van der Waals surface area (Å²) in [5, 5.41) is 23.0. The second-order valence-electron chi connectivity index (χ2n) is 6.62. The Labute approximate surface area is 198 Å². The van der Waals surface area contributed by atoms with Crippen molar-refractivity contribution in [1.82, 2.24) is 10.0 Å². The number of rotatable bonds is 6.